The Hall–Kier alpha value is -0.510. The van der Waals surface area contributed by atoms with Gasteiger partial charge < -0.3 is 0 Å². The summed E-state index contributed by atoms with van der Waals surface area (Å²) in [6, 6.07) is 2.81. The molecule has 2 rings (SSSR count). The monoisotopic (exact) mass is 345 g/mol. The second-order valence-corrected chi connectivity index (χ2v) is 9.34. The molecule has 144 valence electrons. The van der Waals surface area contributed by atoms with Crippen LogP contribution in [-0.4, -0.2) is 0 Å². The van der Waals surface area contributed by atoms with Crippen LogP contribution in [0.25, 0.3) is 0 Å². The molecule has 2 saturated carbocycles. The van der Waals surface area contributed by atoms with Crippen LogP contribution in [0.4, 0.5) is 0 Å². The third-order valence-electron chi connectivity index (χ3n) is 7.40. The van der Waals surface area contributed by atoms with Gasteiger partial charge in [0.05, 0.1) is 11.5 Å². The van der Waals surface area contributed by atoms with Crippen LogP contribution in [-0.2, 0) is 0 Å². The van der Waals surface area contributed by atoms with E-state index < -0.39 is 0 Å². The van der Waals surface area contributed by atoms with Crippen molar-refractivity contribution in [2.45, 2.75) is 123 Å². The molecule has 2 aliphatic rings. The number of nitriles is 1. The summed E-state index contributed by atoms with van der Waals surface area (Å²) < 4.78 is 0. The molecule has 0 heterocycles. The number of rotatable bonds is 10. The van der Waals surface area contributed by atoms with Crippen LogP contribution in [0.1, 0.15) is 123 Å². The predicted molar refractivity (Wildman–Crippen MR) is 108 cm³/mol. The summed E-state index contributed by atoms with van der Waals surface area (Å²) in [5, 5.41) is 9.95. The van der Waals surface area contributed by atoms with Crippen molar-refractivity contribution in [3.63, 3.8) is 0 Å². The highest BCUT2D eigenvalue weighted by molar-refractivity contribution is 5.03. The fourth-order valence-electron chi connectivity index (χ4n) is 5.70. The average molecular weight is 346 g/mol. The Morgan fingerprint density at radius 1 is 0.840 bits per heavy atom. The zero-order valence-corrected chi connectivity index (χ0v) is 17.2. The Kier molecular flexibility index (Phi) is 9.36. The van der Waals surface area contributed by atoms with Gasteiger partial charge in [-0.1, -0.05) is 90.9 Å². The second-order valence-electron chi connectivity index (χ2n) is 9.34. The first-order valence-corrected chi connectivity index (χ1v) is 11.6. The molecule has 0 amide bonds. The Labute approximate surface area is 158 Å². The van der Waals surface area contributed by atoms with Gasteiger partial charge in [0.2, 0.25) is 0 Å². The zero-order chi connectivity index (χ0) is 18.0. The fraction of sp³-hybridized carbons (Fsp3) is 0.958. The Morgan fingerprint density at radius 2 is 1.56 bits per heavy atom. The third kappa shape index (κ3) is 6.62. The van der Waals surface area contributed by atoms with Crippen molar-refractivity contribution in [1.29, 1.82) is 5.26 Å². The van der Waals surface area contributed by atoms with Gasteiger partial charge in [0.15, 0.2) is 0 Å². The largest absolute Gasteiger partial charge is 0.198 e. The van der Waals surface area contributed by atoms with Crippen molar-refractivity contribution in [2.24, 2.45) is 23.2 Å². The highest BCUT2D eigenvalue weighted by Gasteiger charge is 2.39. The van der Waals surface area contributed by atoms with Gasteiger partial charge in [-0.15, -0.1) is 0 Å². The number of hydrogen-bond donors (Lipinski definition) is 0. The van der Waals surface area contributed by atoms with E-state index in [1.54, 1.807) is 0 Å². The Morgan fingerprint density at radius 3 is 2.24 bits per heavy atom. The summed E-state index contributed by atoms with van der Waals surface area (Å²) in [5.74, 6) is 2.81. The SMILES string of the molecule is CCCCCCCC1(C#N)CCCC(C2CCC(CCCC)CC2)C1. The van der Waals surface area contributed by atoms with E-state index in [1.165, 1.54) is 109 Å². The van der Waals surface area contributed by atoms with Crippen molar-refractivity contribution in [3.05, 3.63) is 0 Å². The van der Waals surface area contributed by atoms with Gasteiger partial charge in [0.1, 0.15) is 0 Å². The van der Waals surface area contributed by atoms with Crippen molar-refractivity contribution < 1.29 is 0 Å². The van der Waals surface area contributed by atoms with Gasteiger partial charge in [0.25, 0.3) is 0 Å². The van der Waals surface area contributed by atoms with Crippen LogP contribution in [0, 0.1) is 34.5 Å². The molecule has 2 atom stereocenters. The maximum Gasteiger partial charge on any atom is 0.0689 e. The highest BCUT2D eigenvalue weighted by atomic mass is 14.5. The minimum absolute atomic E-state index is 0.0359. The molecule has 0 bridgehead atoms. The smallest absolute Gasteiger partial charge is 0.0689 e. The van der Waals surface area contributed by atoms with Crippen LogP contribution >= 0.6 is 0 Å². The topological polar surface area (TPSA) is 23.8 Å². The van der Waals surface area contributed by atoms with E-state index in [9.17, 15) is 5.26 Å². The second kappa shape index (κ2) is 11.3. The van der Waals surface area contributed by atoms with Crippen molar-refractivity contribution >= 4 is 0 Å². The van der Waals surface area contributed by atoms with E-state index in [2.05, 4.69) is 19.9 Å². The molecule has 0 aliphatic heterocycles. The van der Waals surface area contributed by atoms with Crippen molar-refractivity contribution in [3.8, 4) is 6.07 Å². The van der Waals surface area contributed by atoms with Crippen LogP contribution in [0.2, 0.25) is 0 Å². The number of nitrogens with zero attached hydrogens (tertiary/aromatic N) is 1. The predicted octanol–water partition coefficient (Wildman–Crippen LogP) is 8.04. The third-order valence-corrected chi connectivity index (χ3v) is 7.40. The quantitative estimate of drug-likeness (QED) is 0.367. The normalized spacial score (nSPS) is 33.1. The molecule has 1 nitrogen and oxygen atoms in total. The molecule has 0 spiro atoms. The lowest BCUT2D eigenvalue weighted by molar-refractivity contribution is 0.102. The molecular formula is C24H43N. The molecule has 2 aliphatic carbocycles. The first-order chi connectivity index (χ1) is 12.2. The minimum Gasteiger partial charge on any atom is -0.198 e. The molecule has 2 fully saturated rings. The maximum atomic E-state index is 9.95. The fourth-order valence-corrected chi connectivity index (χ4v) is 5.70. The van der Waals surface area contributed by atoms with Gasteiger partial charge in [0, 0.05) is 0 Å². The lowest BCUT2D eigenvalue weighted by atomic mass is 9.62. The zero-order valence-electron chi connectivity index (χ0n) is 17.2. The van der Waals surface area contributed by atoms with Gasteiger partial charge in [-0.2, -0.15) is 5.26 Å². The summed E-state index contributed by atoms with van der Waals surface area (Å²) in [6.45, 7) is 4.59. The van der Waals surface area contributed by atoms with E-state index in [1.807, 2.05) is 0 Å². The molecular weight excluding hydrogens is 302 g/mol. The summed E-state index contributed by atoms with van der Waals surface area (Å²) >= 11 is 0. The summed E-state index contributed by atoms with van der Waals surface area (Å²) in [6.07, 6.45) is 23.0. The molecule has 1 heteroatoms. The lowest BCUT2D eigenvalue weighted by Crippen LogP contribution is -2.32. The van der Waals surface area contributed by atoms with E-state index >= 15 is 0 Å². The maximum absolute atomic E-state index is 9.95. The standard InChI is InChI=1S/C24H43N/c1-3-5-7-8-9-17-24(20-25)18-10-12-23(19-24)22-15-13-21(14-16-22)11-6-4-2/h21-23H,3-19H2,1-2H3. The molecule has 0 saturated heterocycles. The first-order valence-electron chi connectivity index (χ1n) is 11.6. The van der Waals surface area contributed by atoms with Crippen LogP contribution in [0.3, 0.4) is 0 Å². The summed E-state index contributed by atoms with van der Waals surface area (Å²) in [4.78, 5) is 0. The number of unbranched alkanes of at least 4 members (excludes halogenated alkanes) is 5. The van der Waals surface area contributed by atoms with E-state index in [-0.39, 0.29) is 5.41 Å². The van der Waals surface area contributed by atoms with Gasteiger partial charge >= 0.3 is 0 Å². The molecule has 0 aromatic heterocycles. The van der Waals surface area contributed by atoms with E-state index in [0.29, 0.717) is 0 Å². The number of hydrogen-bond acceptors (Lipinski definition) is 1. The van der Waals surface area contributed by atoms with Crippen LogP contribution < -0.4 is 0 Å². The van der Waals surface area contributed by atoms with Gasteiger partial charge in [-0.25, -0.2) is 0 Å². The van der Waals surface area contributed by atoms with Gasteiger partial charge in [-0.3, -0.25) is 0 Å². The Bertz CT molecular complexity index is 387. The summed E-state index contributed by atoms with van der Waals surface area (Å²) in [7, 11) is 0. The minimum atomic E-state index is 0.0359. The van der Waals surface area contributed by atoms with Crippen molar-refractivity contribution in [2.75, 3.05) is 0 Å². The molecule has 0 aromatic rings. The van der Waals surface area contributed by atoms with Gasteiger partial charge in [-0.05, 0) is 49.9 Å². The van der Waals surface area contributed by atoms with E-state index in [0.717, 1.165) is 17.8 Å². The first kappa shape index (κ1) is 20.8. The molecule has 0 N–H and O–H groups in total. The molecule has 2 unspecified atom stereocenters. The molecule has 0 radical (unpaired) electrons. The summed E-state index contributed by atoms with van der Waals surface area (Å²) in [5.41, 5.74) is 0.0359. The van der Waals surface area contributed by atoms with Crippen molar-refractivity contribution in [1.82, 2.24) is 0 Å². The Balaban J connectivity index is 1.78. The van der Waals surface area contributed by atoms with E-state index in [4.69, 9.17) is 0 Å². The lowest BCUT2D eigenvalue weighted by Gasteiger charge is -2.42. The average Bonchev–Trinajstić information content (AvgIpc) is 2.67. The van der Waals surface area contributed by atoms with Crippen LogP contribution in [0.5, 0.6) is 0 Å². The molecule has 0 aromatic carbocycles. The molecule has 25 heavy (non-hydrogen) atoms. The highest BCUT2D eigenvalue weighted by Crippen LogP contribution is 2.48. The van der Waals surface area contributed by atoms with Crippen LogP contribution in [0.15, 0.2) is 0 Å².